The first kappa shape index (κ1) is 24.2. The van der Waals surface area contributed by atoms with E-state index in [2.05, 4.69) is 57.9 Å². The quantitative estimate of drug-likeness (QED) is 0.627. The maximum atomic E-state index is 12.0. The van der Waals surface area contributed by atoms with Crippen LogP contribution in [0, 0.1) is 5.92 Å². The minimum Gasteiger partial charge on any atom is -0.378 e. The molecule has 180 valence electrons. The number of pyridine rings is 1. The number of anilines is 1. The van der Waals surface area contributed by atoms with Crippen LogP contribution in [0.25, 0.3) is 0 Å². The fourth-order valence-electron chi connectivity index (χ4n) is 5.24. The van der Waals surface area contributed by atoms with Crippen LogP contribution >= 0.6 is 0 Å². The predicted molar refractivity (Wildman–Crippen MR) is 133 cm³/mol. The van der Waals surface area contributed by atoms with E-state index in [4.69, 9.17) is 4.74 Å². The summed E-state index contributed by atoms with van der Waals surface area (Å²) in [4.78, 5) is 6.86. The monoisotopic (exact) mass is 471 g/mol. The normalized spacial score (nSPS) is 26.3. The Bertz CT molecular complexity index is 991. The highest BCUT2D eigenvalue weighted by Crippen LogP contribution is 2.34. The molecule has 1 aromatic heterocycles. The second-order valence-corrected chi connectivity index (χ2v) is 11.4. The van der Waals surface area contributed by atoms with E-state index in [0.717, 1.165) is 57.4 Å². The zero-order chi connectivity index (χ0) is 23.3. The summed E-state index contributed by atoms with van der Waals surface area (Å²) in [5, 5.41) is 0. The van der Waals surface area contributed by atoms with Gasteiger partial charge in [-0.25, -0.2) is 18.1 Å². The van der Waals surface area contributed by atoms with Crippen LogP contribution in [0.2, 0.25) is 0 Å². The van der Waals surface area contributed by atoms with Gasteiger partial charge in [-0.1, -0.05) is 37.3 Å². The molecule has 0 bridgehead atoms. The first-order valence-corrected chi connectivity index (χ1v) is 14.1. The van der Waals surface area contributed by atoms with E-state index in [-0.39, 0.29) is 18.1 Å². The van der Waals surface area contributed by atoms with E-state index in [1.807, 2.05) is 12.3 Å². The van der Waals surface area contributed by atoms with Gasteiger partial charge in [-0.3, -0.25) is 0 Å². The van der Waals surface area contributed by atoms with Gasteiger partial charge in [0.1, 0.15) is 5.82 Å². The maximum absolute atomic E-state index is 12.0. The number of aryl methyl sites for hydroxylation is 1. The molecular weight excluding hydrogens is 434 g/mol. The summed E-state index contributed by atoms with van der Waals surface area (Å²) in [5.41, 5.74) is 2.69. The Labute approximate surface area is 198 Å². The Hall–Kier alpha value is -1.96. The third kappa shape index (κ3) is 6.78. The molecule has 6 nitrogen and oxygen atoms in total. The molecule has 0 radical (unpaired) electrons. The largest absolute Gasteiger partial charge is 0.378 e. The Balaban J connectivity index is 1.37. The van der Waals surface area contributed by atoms with Crippen molar-refractivity contribution < 1.29 is 13.2 Å². The molecule has 4 rings (SSSR count). The van der Waals surface area contributed by atoms with Crippen molar-refractivity contribution in [2.75, 3.05) is 30.9 Å². The Morgan fingerprint density at radius 1 is 1.09 bits per heavy atom. The highest BCUT2D eigenvalue weighted by molar-refractivity contribution is 7.88. The third-order valence-corrected chi connectivity index (χ3v) is 7.86. The van der Waals surface area contributed by atoms with Crippen molar-refractivity contribution in [3.63, 3.8) is 0 Å². The topological polar surface area (TPSA) is 71.5 Å². The second kappa shape index (κ2) is 11.0. The average Bonchev–Trinajstić information content (AvgIpc) is 2.83. The predicted octanol–water partition coefficient (Wildman–Crippen LogP) is 4.13. The van der Waals surface area contributed by atoms with E-state index in [9.17, 15) is 8.42 Å². The highest BCUT2D eigenvalue weighted by atomic mass is 32.2. The molecule has 0 spiro atoms. The van der Waals surface area contributed by atoms with Crippen molar-refractivity contribution >= 4 is 15.8 Å². The van der Waals surface area contributed by atoms with E-state index < -0.39 is 10.0 Å². The van der Waals surface area contributed by atoms with Gasteiger partial charge in [0.25, 0.3) is 0 Å². The van der Waals surface area contributed by atoms with Crippen LogP contribution in [0.4, 0.5) is 5.82 Å². The van der Waals surface area contributed by atoms with E-state index in [1.165, 1.54) is 17.4 Å². The molecule has 1 aliphatic heterocycles. The second-order valence-electron chi connectivity index (χ2n) is 9.58. The van der Waals surface area contributed by atoms with Crippen LogP contribution in [0.15, 0.2) is 48.7 Å². The minimum atomic E-state index is -3.27. The van der Waals surface area contributed by atoms with Crippen LogP contribution in [-0.2, 0) is 21.2 Å². The van der Waals surface area contributed by atoms with Crippen molar-refractivity contribution in [3.8, 4) is 0 Å². The zero-order valence-corrected chi connectivity index (χ0v) is 20.6. The SMILES string of the molecule is CCc1ccnc(N2CC[C@H](NS(C)(=O)=O)[C@H](CO[C@H]3CC[C@@H](c4ccccc4)CC3)C2)c1. The van der Waals surface area contributed by atoms with Gasteiger partial charge in [0.2, 0.25) is 10.0 Å². The first-order valence-electron chi connectivity index (χ1n) is 12.2. The minimum absolute atomic E-state index is 0.0902. The molecule has 2 fully saturated rings. The van der Waals surface area contributed by atoms with E-state index in [0.29, 0.717) is 12.5 Å². The van der Waals surface area contributed by atoms with Gasteiger partial charge in [0.15, 0.2) is 0 Å². The standard InChI is InChI=1S/C26H37N3O3S/c1-3-20-13-15-27-26(17-20)29-16-14-25(28-33(2,30)31)23(18-29)19-32-24-11-9-22(10-12-24)21-7-5-4-6-8-21/h4-8,13,15,17,22-25,28H,3,9-12,14,16,18-19H2,1-2H3/t22-,23-,24+,25-/m0/s1. The molecule has 1 saturated carbocycles. The van der Waals surface area contributed by atoms with Gasteiger partial charge in [-0.05, 0) is 67.7 Å². The smallest absolute Gasteiger partial charge is 0.208 e. The maximum Gasteiger partial charge on any atom is 0.208 e. The molecule has 2 aliphatic rings. The number of sulfonamides is 1. The number of ether oxygens (including phenoxy) is 1. The molecular formula is C26H37N3O3S. The highest BCUT2D eigenvalue weighted by Gasteiger charge is 2.33. The van der Waals surface area contributed by atoms with Gasteiger partial charge in [-0.15, -0.1) is 0 Å². The number of rotatable bonds is 8. The van der Waals surface area contributed by atoms with Gasteiger partial charge in [-0.2, -0.15) is 0 Å². The summed E-state index contributed by atoms with van der Waals surface area (Å²) in [6.07, 6.45) is 9.48. The van der Waals surface area contributed by atoms with Crippen LogP contribution in [-0.4, -0.2) is 51.5 Å². The third-order valence-electron chi connectivity index (χ3n) is 7.13. The number of hydrogen-bond donors (Lipinski definition) is 1. The lowest BCUT2D eigenvalue weighted by molar-refractivity contribution is -0.00213. The van der Waals surface area contributed by atoms with Crippen LogP contribution in [0.3, 0.4) is 0 Å². The van der Waals surface area contributed by atoms with Crippen molar-refractivity contribution in [2.24, 2.45) is 5.92 Å². The first-order chi connectivity index (χ1) is 15.9. The fraction of sp³-hybridized carbons (Fsp3) is 0.577. The van der Waals surface area contributed by atoms with Gasteiger partial charge in [0.05, 0.1) is 19.0 Å². The van der Waals surface area contributed by atoms with Gasteiger partial charge < -0.3 is 9.64 Å². The molecule has 0 unspecified atom stereocenters. The molecule has 1 aromatic carbocycles. The lowest BCUT2D eigenvalue weighted by atomic mass is 9.82. The number of aromatic nitrogens is 1. The van der Waals surface area contributed by atoms with E-state index in [1.54, 1.807) is 0 Å². The summed E-state index contributed by atoms with van der Waals surface area (Å²) in [6.45, 7) is 4.24. The number of piperidine rings is 1. The summed E-state index contributed by atoms with van der Waals surface area (Å²) >= 11 is 0. The molecule has 2 heterocycles. The molecule has 2 atom stereocenters. The van der Waals surface area contributed by atoms with Crippen LogP contribution in [0.1, 0.15) is 56.1 Å². The van der Waals surface area contributed by atoms with Crippen molar-refractivity contribution in [2.45, 2.75) is 63.5 Å². The zero-order valence-electron chi connectivity index (χ0n) is 19.8. The lowest BCUT2D eigenvalue weighted by Crippen LogP contribution is -2.52. The number of benzene rings is 1. The van der Waals surface area contributed by atoms with Crippen LogP contribution in [0.5, 0.6) is 0 Å². The number of nitrogens with one attached hydrogen (secondary N) is 1. The average molecular weight is 472 g/mol. The Morgan fingerprint density at radius 2 is 1.85 bits per heavy atom. The van der Waals surface area contributed by atoms with Crippen molar-refractivity contribution in [1.29, 1.82) is 0 Å². The number of nitrogens with zero attached hydrogens (tertiary/aromatic N) is 2. The summed E-state index contributed by atoms with van der Waals surface area (Å²) < 4.78 is 33.2. The van der Waals surface area contributed by atoms with Crippen molar-refractivity contribution in [1.82, 2.24) is 9.71 Å². The summed E-state index contributed by atoms with van der Waals surface area (Å²) in [7, 11) is -3.27. The van der Waals surface area contributed by atoms with E-state index >= 15 is 0 Å². The molecule has 7 heteroatoms. The Morgan fingerprint density at radius 3 is 2.55 bits per heavy atom. The van der Waals surface area contributed by atoms with Crippen molar-refractivity contribution in [3.05, 3.63) is 59.8 Å². The molecule has 2 aromatic rings. The summed E-state index contributed by atoms with van der Waals surface area (Å²) in [5.74, 6) is 1.68. The molecule has 1 aliphatic carbocycles. The molecule has 33 heavy (non-hydrogen) atoms. The molecule has 0 amide bonds. The fourth-order valence-corrected chi connectivity index (χ4v) is 6.10. The molecule has 1 saturated heterocycles. The summed E-state index contributed by atoms with van der Waals surface area (Å²) in [6, 6.07) is 14.9. The van der Waals surface area contributed by atoms with Crippen LogP contribution < -0.4 is 9.62 Å². The molecule has 1 N–H and O–H groups in total. The van der Waals surface area contributed by atoms with Gasteiger partial charge >= 0.3 is 0 Å². The van der Waals surface area contributed by atoms with Gasteiger partial charge in [0, 0.05) is 31.2 Å². The number of hydrogen-bond acceptors (Lipinski definition) is 5. The lowest BCUT2D eigenvalue weighted by Gasteiger charge is -2.40. The Kier molecular flexibility index (Phi) is 8.04.